The van der Waals surface area contributed by atoms with Gasteiger partial charge >= 0.3 is 0 Å². The third-order valence-electron chi connectivity index (χ3n) is 4.34. The Bertz CT molecular complexity index is 1060. The van der Waals surface area contributed by atoms with Crippen molar-refractivity contribution in [3.8, 4) is 5.75 Å². The lowest BCUT2D eigenvalue weighted by Gasteiger charge is -2.14. The molecule has 0 saturated carbocycles. The van der Waals surface area contributed by atoms with E-state index < -0.39 is 0 Å². The van der Waals surface area contributed by atoms with Crippen LogP contribution in [-0.2, 0) is 6.54 Å². The maximum Gasteiger partial charge on any atom is 0.261 e. The van der Waals surface area contributed by atoms with Crippen molar-refractivity contribution in [3.05, 3.63) is 83.8 Å². The summed E-state index contributed by atoms with van der Waals surface area (Å²) in [7, 11) is 0. The summed E-state index contributed by atoms with van der Waals surface area (Å²) >= 11 is 5.26. The monoisotopic (exact) mass is 451 g/mol. The molecule has 0 aliphatic carbocycles. The number of carbonyl (C=O) groups excluding carboxylic acids is 2. The number of furan rings is 1. The first-order chi connectivity index (χ1) is 15.4. The van der Waals surface area contributed by atoms with Gasteiger partial charge in [-0.3, -0.25) is 14.9 Å². The number of anilines is 1. The number of amides is 2. The van der Waals surface area contributed by atoms with Gasteiger partial charge in [-0.25, -0.2) is 0 Å². The van der Waals surface area contributed by atoms with Gasteiger partial charge < -0.3 is 19.8 Å². The van der Waals surface area contributed by atoms with Crippen molar-refractivity contribution in [2.45, 2.75) is 20.4 Å². The van der Waals surface area contributed by atoms with Gasteiger partial charge in [0.15, 0.2) is 5.11 Å². The third-order valence-corrected chi connectivity index (χ3v) is 4.54. The van der Waals surface area contributed by atoms with Crippen molar-refractivity contribution in [2.75, 3.05) is 11.9 Å². The minimum absolute atomic E-state index is 0.142. The van der Waals surface area contributed by atoms with Gasteiger partial charge in [0.2, 0.25) is 0 Å². The molecule has 0 radical (unpaired) electrons. The summed E-state index contributed by atoms with van der Waals surface area (Å²) in [6, 6.07) is 17.3. The molecule has 1 heterocycles. The second-order valence-electron chi connectivity index (χ2n) is 7.45. The Morgan fingerprint density at radius 2 is 1.75 bits per heavy atom. The van der Waals surface area contributed by atoms with E-state index in [4.69, 9.17) is 21.4 Å². The number of hydrogen-bond acceptors (Lipinski definition) is 5. The van der Waals surface area contributed by atoms with Gasteiger partial charge in [0, 0.05) is 11.3 Å². The van der Waals surface area contributed by atoms with Crippen LogP contribution in [0.1, 0.15) is 40.3 Å². The van der Waals surface area contributed by atoms with Crippen LogP contribution in [0.15, 0.2) is 71.3 Å². The molecule has 0 unspecified atom stereocenters. The van der Waals surface area contributed by atoms with Crippen molar-refractivity contribution < 1.29 is 18.7 Å². The largest absolute Gasteiger partial charge is 0.492 e. The summed E-state index contributed by atoms with van der Waals surface area (Å²) in [5.41, 5.74) is 1.54. The number of hydrogen-bond donors (Lipinski definition) is 3. The van der Waals surface area contributed by atoms with E-state index in [1.54, 1.807) is 60.9 Å². The Morgan fingerprint density at radius 1 is 1.00 bits per heavy atom. The SMILES string of the molecule is CC(C)COc1ccccc1C(=O)NC(=S)Nc1ccc(C(=O)NCc2ccco2)cc1. The van der Waals surface area contributed by atoms with E-state index in [1.807, 2.05) is 19.9 Å². The summed E-state index contributed by atoms with van der Waals surface area (Å²) in [4.78, 5) is 24.9. The Kier molecular flexibility index (Phi) is 7.99. The normalized spacial score (nSPS) is 10.5. The number of nitrogens with one attached hydrogen (secondary N) is 3. The zero-order valence-corrected chi connectivity index (χ0v) is 18.7. The van der Waals surface area contributed by atoms with Gasteiger partial charge in [0.05, 0.1) is 25.0 Å². The number of thiocarbonyl (C=S) groups is 1. The molecule has 32 heavy (non-hydrogen) atoms. The molecule has 7 nitrogen and oxygen atoms in total. The van der Waals surface area contributed by atoms with E-state index in [1.165, 1.54) is 0 Å². The Morgan fingerprint density at radius 3 is 2.44 bits per heavy atom. The molecule has 2 aromatic carbocycles. The van der Waals surface area contributed by atoms with Crippen molar-refractivity contribution in [1.82, 2.24) is 10.6 Å². The van der Waals surface area contributed by atoms with Gasteiger partial charge in [-0.05, 0) is 66.7 Å². The molecule has 0 saturated heterocycles. The molecule has 3 aromatic rings. The van der Waals surface area contributed by atoms with Crippen LogP contribution in [0.2, 0.25) is 0 Å². The minimum atomic E-state index is -0.365. The summed E-state index contributed by atoms with van der Waals surface area (Å²) in [5, 5.41) is 8.53. The molecule has 3 N–H and O–H groups in total. The van der Waals surface area contributed by atoms with Gasteiger partial charge in [0.25, 0.3) is 11.8 Å². The first kappa shape index (κ1) is 23.0. The molecule has 0 aliphatic rings. The van der Waals surface area contributed by atoms with Crippen molar-refractivity contribution in [1.29, 1.82) is 0 Å². The van der Waals surface area contributed by atoms with E-state index in [9.17, 15) is 9.59 Å². The quantitative estimate of drug-likeness (QED) is 0.441. The maximum atomic E-state index is 12.6. The molecule has 0 fully saturated rings. The highest BCUT2D eigenvalue weighted by Gasteiger charge is 2.14. The van der Waals surface area contributed by atoms with Crippen LogP contribution in [0.25, 0.3) is 0 Å². The van der Waals surface area contributed by atoms with Crippen LogP contribution in [0, 0.1) is 5.92 Å². The minimum Gasteiger partial charge on any atom is -0.492 e. The van der Waals surface area contributed by atoms with Crippen LogP contribution in [-0.4, -0.2) is 23.5 Å². The molecule has 0 bridgehead atoms. The van der Waals surface area contributed by atoms with Gasteiger partial charge in [0.1, 0.15) is 11.5 Å². The summed E-state index contributed by atoms with van der Waals surface area (Å²) in [6.45, 7) is 4.89. The van der Waals surface area contributed by atoms with Crippen molar-refractivity contribution in [2.24, 2.45) is 5.92 Å². The van der Waals surface area contributed by atoms with Crippen LogP contribution in [0.5, 0.6) is 5.75 Å². The van der Waals surface area contributed by atoms with Crippen molar-refractivity contribution in [3.63, 3.8) is 0 Å². The number of carbonyl (C=O) groups is 2. The first-order valence-electron chi connectivity index (χ1n) is 10.2. The van der Waals surface area contributed by atoms with E-state index in [0.717, 1.165) is 0 Å². The molecule has 0 spiro atoms. The summed E-state index contributed by atoms with van der Waals surface area (Å²) in [5.74, 6) is 0.932. The molecule has 3 rings (SSSR count). The zero-order chi connectivity index (χ0) is 22.9. The molecule has 8 heteroatoms. The highest BCUT2D eigenvalue weighted by Crippen LogP contribution is 2.19. The first-order valence-corrected chi connectivity index (χ1v) is 10.6. The van der Waals surface area contributed by atoms with Gasteiger partial charge in [-0.1, -0.05) is 26.0 Å². The average Bonchev–Trinajstić information content (AvgIpc) is 3.30. The fourth-order valence-electron chi connectivity index (χ4n) is 2.76. The Labute approximate surface area is 192 Å². The number of ether oxygens (including phenoxy) is 1. The lowest BCUT2D eigenvalue weighted by atomic mass is 10.2. The Balaban J connectivity index is 1.53. The second-order valence-corrected chi connectivity index (χ2v) is 7.86. The van der Waals surface area contributed by atoms with Gasteiger partial charge in [-0.2, -0.15) is 0 Å². The standard InChI is InChI=1S/C24H25N3O4S/c1-16(2)15-31-21-8-4-3-7-20(21)23(29)27-24(32)26-18-11-9-17(10-12-18)22(28)25-14-19-6-5-13-30-19/h3-13,16H,14-15H2,1-2H3,(H,25,28)(H2,26,27,29,32). The fourth-order valence-corrected chi connectivity index (χ4v) is 2.97. The van der Waals surface area contributed by atoms with Crippen LogP contribution >= 0.6 is 12.2 Å². The maximum absolute atomic E-state index is 12.6. The van der Waals surface area contributed by atoms with E-state index >= 15 is 0 Å². The van der Waals surface area contributed by atoms with Crippen LogP contribution in [0.4, 0.5) is 5.69 Å². The molecule has 0 aliphatic heterocycles. The van der Waals surface area contributed by atoms with E-state index in [-0.39, 0.29) is 16.9 Å². The molecular formula is C24H25N3O4S. The number of para-hydroxylation sites is 1. The fraction of sp³-hybridized carbons (Fsp3) is 0.208. The summed E-state index contributed by atoms with van der Waals surface area (Å²) < 4.78 is 10.9. The Hall–Kier alpha value is -3.65. The van der Waals surface area contributed by atoms with E-state index in [2.05, 4.69) is 16.0 Å². The van der Waals surface area contributed by atoms with Gasteiger partial charge in [-0.15, -0.1) is 0 Å². The van der Waals surface area contributed by atoms with Crippen LogP contribution in [0.3, 0.4) is 0 Å². The van der Waals surface area contributed by atoms with Crippen LogP contribution < -0.4 is 20.7 Å². The molecule has 0 atom stereocenters. The molecule has 1 aromatic heterocycles. The zero-order valence-electron chi connectivity index (χ0n) is 17.9. The lowest BCUT2D eigenvalue weighted by molar-refractivity contribution is 0.0945. The third kappa shape index (κ3) is 6.68. The summed E-state index contributed by atoms with van der Waals surface area (Å²) in [6.07, 6.45) is 1.56. The predicted molar refractivity (Wildman–Crippen MR) is 127 cm³/mol. The topological polar surface area (TPSA) is 92.6 Å². The average molecular weight is 452 g/mol. The molecule has 166 valence electrons. The highest BCUT2D eigenvalue weighted by atomic mass is 32.1. The second kappa shape index (κ2) is 11.1. The van der Waals surface area contributed by atoms with E-state index in [0.29, 0.717) is 47.4 Å². The number of benzene rings is 2. The van der Waals surface area contributed by atoms with Crippen molar-refractivity contribution >= 4 is 34.8 Å². The molecular weight excluding hydrogens is 426 g/mol. The highest BCUT2D eigenvalue weighted by molar-refractivity contribution is 7.80. The predicted octanol–water partition coefficient (Wildman–Crippen LogP) is 4.37. The smallest absolute Gasteiger partial charge is 0.261 e. The molecule has 2 amide bonds. The lowest BCUT2D eigenvalue weighted by Crippen LogP contribution is -2.34. The number of rotatable bonds is 8.